The number of para-hydroxylation sites is 1. The number of carbonyl (C=O) groups is 2. The Kier molecular flexibility index (Phi) is 7.13. The van der Waals surface area contributed by atoms with Gasteiger partial charge in [-0.3, -0.25) is 9.59 Å². The standard InChI is InChI=1S/C28H31F3N2O5/c29-28(30,31)27(36,20-6-2-1-3-7-20)25(35)33-12-10-26(11-13-33)14-24(34)32-15-22(26)21-8-4-5-9-23(21)38-18-19-16-37-17-19/h1-9,19,22,36H,10-18H2,(H,32,34)/t22?,27-/m1/s1. The fourth-order valence-electron chi connectivity index (χ4n) is 5.86. The Bertz CT molecular complexity index is 1160. The molecule has 7 nitrogen and oxygen atoms in total. The quantitative estimate of drug-likeness (QED) is 0.596. The minimum atomic E-state index is -5.20. The molecule has 0 bridgehead atoms. The van der Waals surface area contributed by atoms with Crippen LogP contribution in [-0.2, 0) is 19.9 Å². The van der Waals surface area contributed by atoms with E-state index in [0.717, 1.165) is 22.6 Å². The van der Waals surface area contributed by atoms with Gasteiger partial charge in [0.2, 0.25) is 5.91 Å². The summed E-state index contributed by atoms with van der Waals surface area (Å²) in [4.78, 5) is 26.8. The topological polar surface area (TPSA) is 88.1 Å². The summed E-state index contributed by atoms with van der Waals surface area (Å²) in [7, 11) is 0. The van der Waals surface area contributed by atoms with Gasteiger partial charge in [-0.25, -0.2) is 0 Å². The maximum atomic E-state index is 14.1. The molecule has 2 aromatic rings. The second-order valence-corrected chi connectivity index (χ2v) is 10.5. The van der Waals surface area contributed by atoms with E-state index in [1.807, 2.05) is 24.3 Å². The third kappa shape index (κ3) is 4.75. The van der Waals surface area contributed by atoms with Crippen molar-refractivity contribution in [2.24, 2.45) is 11.3 Å². The number of benzene rings is 2. The van der Waals surface area contributed by atoms with Crippen molar-refractivity contribution in [2.75, 3.05) is 39.5 Å². The lowest BCUT2D eigenvalue weighted by Crippen LogP contribution is -2.59. The molecule has 1 spiro atoms. The maximum Gasteiger partial charge on any atom is 0.430 e. The number of carbonyl (C=O) groups excluding carboxylic acids is 2. The summed E-state index contributed by atoms with van der Waals surface area (Å²) in [6.07, 6.45) is -4.35. The molecule has 0 aromatic heterocycles. The monoisotopic (exact) mass is 532 g/mol. The van der Waals surface area contributed by atoms with Crippen LogP contribution in [0.4, 0.5) is 13.2 Å². The maximum absolute atomic E-state index is 14.1. The number of rotatable bonds is 6. The number of hydrogen-bond donors (Lipinski definition) is 2. The van der Waals surface area contributed by atoms with Gasteiger partial charge in [-0.2, -0.15) is 13.2 Å². The molecule has 5 rings (SSSR count). The van der Waals surface area contributed by atoms with E-state index in [4.69, 9.17) is 9.47 Å². The molecule has 2 atom stereocenters. The minimum absolute atomic E-state index is 0.00370. The number of nitrogens with zero attached hydrogens (tertiary/aromatic N) is 1. The predicted molar refractivity (Wildman–Crippen MR) is 131 cm³/mol. The third-order valence-electron chi connectivity index (χ3n) is 8.19. The Labute approximate surface area is 218 Å². The van der Waals surface area contributed by atoms with Gasteiger partial charge in [0.25, 0.3) is 11.5 Å². The van der Waals surface area contributed by atoms with Gasteiger partial charge in [0, 0.05) is 43.5 Å². The fraction of sp³-hybridized carbons (Fsp3) is 0.500. The average Bonchev–Trinajstić information content (AvgIpc) is 2.88. The van der Waals surface area contributed by atoms with Crippen molar-refractivity contribution in [3.05, 3.63) is 65.7 Å². The van der Waals surface area contributed by atoms with E-state index in [1.54, 1.807) is 0 Å². The lowest BCUT2D eigenvalue weighted by atomic mass is 9.62. The molecule has 204 valence electrons. The highest BCUT2D eigenvalue weighted by Crippen LogP contribution is 2.51. The SMILES string of the molecule is O=C1CC2(CCN(C(=O)[C@](O)(c3ccccc3)C(F)(F)F)CC2)C(c2ccccc2OCC2COC2)CN1. The largest absolute Gasteiger partial charge is 0.493 e. The van der Waals surface area contributed by atoms with Crippen molar-refractivity contribution in [3.8, 4) is 5.75 Å². The van der Waals surface area contributed by atoms with Crippen molar-refractivity contribution in [3.63, 3.8) is 0 Å². The fourth-order valence-corrected chi connectivity index (χ4v) is 5.86. The Balaban J connectivity index is 1.38. The minimum Gasteiger partial charge on any atom is -0.493 e. The molecule has 3 fully saturated rings. The summed E-state index contributed by atoms with van der Waals surface area (Å²) in [5.41, 5.74) is -3.78. The number of likely N-dealkylation sites (tertiary alicyclic amines) is 1. The smallest absolute Gasteiger partial charge is 0.430 e. The Hall–Kier alpha value is -3.11. The van der Waals surface area contributed by atoms with E-state index in [1.165, 1.54) is 18.2 Å². The third-order valence-corrected chi connectivity index (χ3v) is 8.19. The molecule has 0 radical (unpaired) electrons. The number of amides is 2. The van der Waals surface area contributed by atoms with Crippen molar-refractivity contribution >= 4 is 11.8 Å². The highest BCUT2D eigenvalue weighted by atomic mass is 19.4. The second-order valence-electron chi connectivity index (χ2n) is 10.5. The Morgan fingerprint density at radius 2 is 1.74 bits per heavy atom. The van der Waals surface area contributed by atoms with Crippen LogP contribution in [0.1, 0.15) is 36.3 Å². The van der Waals surface area contributed by atoms with E-state index in [2.05, 4.69) is 5.32 Å². The van der Waals surface area contributed by atoms with Crippen LogP contribution in [0.2, 0.25) is 0 Å². The number of hydrogen-bond acceptors (Lipinski definition) is 5. The molecule has 0 saturated carbocycles. The number of alkyl halides is 3. The molecule has 10 heteroatoms. The first-order valence-electron chi connectivity index (χ1n) is 12.8. The van der Waals surface area contributed by atoms with E-state index in [0.29, 0.717) is 50.9 Å². The zero-order valence-corrected chi connectivity index (χ0v) is 20.9. The van der Waals surface area contributed by atoms with Crippen molar-refractivity contribution in [1.82, 2.24) is 10.2 Å². The summed E-state index contributed by atoms with van der Waals surface area (Å²) >= 11 is 0. The molecule has 3 heterocycles. The van der Waals surface area contributed by atoms with Crippen LogP contribution < -0.4 is 10.1 Å². The first-order valence-corrected chi connectivity index (χ1v) is 12.8. The molecule has 0 aliphatic carbocycles. The van der Waals surface area contributed by atoms with Gasteiger partial charge in [-0.05, 0) is 29.9 Å². The highest BCUT2D eigenvalue weighted by Gasteiger charge is 2.62. The van der Waals surface area contributed by atoms with Gasteiger partial charge in [0.1, 0.15) is 5.75 Å². The first kappa shape index (κ1) is 26.5. The number of nitrogens with one attached hydrogen (secondary N) is 1. The van der Waals surface area contributed by atoms with Crippen LogP contribution in [0.25, 0.3) is 0 Å². The van der Waals surface area contributed by atoms with Gasteiger partial charge in [0.15, 0.2) is 0 Å². The van der Waals surface area contributed by atoms with Crippen LogP contribution in [0.5, 0.6) is 5.75 Å². The molecular formula is C28H31F3N2O5. The van der Waals surface area contributed by atoms with Crippen LogP contribution in [0.15, 0.2) is 54.6 Å². The molecule has 3 aliphatic heterocycles. The van der Waals surface area contributed by atoms with Crippen LogP contribution in [0.3, 0.4) is 0 Å². The van der Waals surface area contributed by atoms with Gasteiger partial charge in [-0.15, -0.1) is 0 Å². The van der Waals surface area contributed by atoms with Crippen molar-refractivity contribution in [2.45, 2.75) is 37.0 Å². The lowest BCUT2D eigenvalue weighted by molar-refractivity contribution is -0.262. The Morgan fingerprint density at radius 3 is 2.37 bits per heavy atom. The number of halogens is 3. The molecule has 38 heavy (non-hydrogen) atoms. The van der Waals surface area contributed by atoms with E-state index in [-0.39, 0.29) is 31.3 Å². The lowest BCUT2D eigenvalue weighted by Gasteiger charge is -2.50. The molecule has 3 aliphatic rings. The molecule has 2 N–H and O–H groups in total. The summed E-state index contributed by atoms with van der Waals surface area (Å²) in [5.74, 6) is -0.610. The van der Waals surface area contributed by atoms with Crippen LogP contribution >= 0.6 is 0 Å². The van der Waals surface area contributed by atoms with Crippen molar-refractivity contribution < 1.29 is 37.3 Å². The van der Waals surface area contributed by atoms with Gasteiger partial charge < -0.3 is 24.8 Å². The molecular weight excluding hydrogens is 501 g/mol. The zero-order chi connectivity index (χ0) is 27.0. The van der Waals surface area contributed by atoms with Gasteiger partial charge >= 0.3 is 6.18 Å². The summed E-state index contributed by atoms with van der Waals surface area (Å²) in [6, 6.07) is 14.1. The summed E-state index contributed by atoms with van der Waals surface area (Å²) in [6.45, 7) is 2.19. The van der Waals surface area contributed by atoms with E-state index < -0.39 is 28.7 Å². The van der Waals surface area contributed by atoms with Crippen LogP contribution in [0, 0.1) is 11.3 Å². The first-order chi connectivity index (χ1) is 18.1. The zero-order valence-electron chi connectivity index (χ0n) is 20.9. The number of ether oxygens (including phenoxy) is 2. The summed E-state index contributed by atoms with van der Waals surface area (Å²) in [5, 5.41) is 13.7. The van der Waals surface area contributed by atoms with Gasteiger partial charge in [-0.1, -0.05) is 48.5 Å². The predicted octanol–water partition coefficient (Wildman–Crippen LogP) is 3.37. The number of piperidine rings is 2. The van der Waals surface area contributed by atoms with Crippen molar-refractivity contribution in [1.29, 1.82) is 0 Å². The van der Waals surface area contributed by atoms with E-state index >= 15 is 0 Å². The second kappa shape index (κ2) is 10.2. The summed E-state index contributed by atoms with van der Waals surface area (Å²) < 4.78 is 53.7. The number of aliphatic hydroxyl groups is 1. The van der Waals surface area contributed by atoms with Gasteiger partial charge in [0.05, 0.1) is 19.8 Å². The normalized spacial score (nSPS) is 23.3. The molecule has 3 saturated heterocycles. The molecule has 2 amide bonds. The molecule has 1 unspecified atom stereocenters. The highest BCUT2D eigenvalue weighted by molar-refractivity contribution is 5.87. The van der Waals surface area contributed by atoms with Crippen LogP contribution in [-0.4, -0.2) is 67.5 Å². The average molecular weight is 533 g/mol. The Morgan fingerprint density at radius 1 is 1.08 bits per heavy atom. The molecule has 2 aromatic carbocycles. The van der Waals surface area contributed by atoms with E-state index in [9.17, 15) is 27.9 Å².